The Hall–Kier alpha value is -0.970. The normalized spacial score (nSPS) is 12.4. The Morgan fingerprint density at radius 2 is 1.90 bits per heavy atom. The zero-order chi connectivity index (χ0) is 14.7. The van der Waals surface area contributed by atoms with E-state index in [2.05, 4.69) is 21.2 Å². The molecule has 0 saturated heterocycles. The van der Waals surface area contributed by atoms with E-state index in [0.717, 1.165) is 0 Å². The molecule has 1 unspecified atom stereocenters. The molecule has 0 aliphatic rings. The molecular formula is C15H13BrClF2N. The Kier molecular flexibility index (Phi) is 5.13. The molecule has 0 spiro atoms. The fraction of sp³-hybridized carbons (Fsp3) is 0.200. The van der Waals surface area contributed by atoms with Crippen LogP contribution in [0.25, 0.3) is 0 Å². The van der Waals surface area contributed by atoms with Gasteiger partial charge >= 0.3 is 0 Å². The summed E-state index contributed by atoms with van der Waals surface area (Å²) in [5, 5.41) is 3.04. The van der Waals surface area contributed by atoms with Gasteiger partial charge in [-0.2, -0.15) is 0 Å². The Bertz CT molecular complexity index is 619. The number of benzene rings is 2. The average molecular weight is 361 g/mol. The second kappa shape index (κ2) is 6.66. The third-order valence-electron chi connectivity index (χ3n) is 3.17. The second-order valence-electron chi connectivity index (χ2n) is 4.40. The van der Waals surface area contributed by atoms with E-state index in [9.17, 15) is 8.78 Å². The van der Waals surface area contributed by atoms with Crippen molar-refractivity contribution < 1.29 is 8.78 Å². The number of rotatable bonds is 4. The molecule has 1 N–H and O–H groups in total. The van der Waals surface area contributed by atoms with Crippen LogP contribution >= 0.6 is 27.5 Å². The van der Waals surface area contributed by atoms with Crippen LogP contribution in [0, 0.1) is 11.6 Å². The van der Waals surface area contributed by atoms with Gasteiger partial charge in [0.05, 0.1) is 5.02 Å². The number of hydrogen-bond donors (Lipinski definition) is 1. The van der Waals surface area contributed by atoms with Crippen molar-refractivity contribution in [3.8, 4) is 0 Å². The molecule has 2 rings (SSSR count). The van der Waals surface area contributed by atoms with Crippen molar-refractivity contribution in [1.29, 1.82) is 0 Å². The van der Waals surface area contributed by atoms with Crippen LogP contribution in [0.1, 0.15) is 17.2 Å². The van der Waals surface area contributed by atoms with E-state index >= 15 is 0 Å². The maximum absolute atomic E-state index is 14.2. The van der Waals surface area contributed by atoms with Gasteiger partial charge in [-0.3, -0.25) is 0 Å². The van der Waals surface area contributed by atoms with E-state index in [1.165, 1.54) is 6.07 Å². The first-order chi connectivity index (χ1) is 9.54. The summed E-state index contributed by atoms with van der Waals surface area (Å²) in [6, 6.07) is 9.46. The van der Waals surface area contributed by atoms with Crippen LogP contribution < -0.4 is 5.32 Å². The molecule has 0 bridgehead atoms. The van der Waals surface area contributed by atoms with Crippen LogP contribution in [0.3, 0.4) is 0 Å². The van der Waals surface area contributed by atoms with E-state index < -0.39 is 5.82 Å². The lowest BCUT2D eigenvalue weighted by Crippen LogP contribution is -2.20. The van der Waals surface area contributed by atoms with Crippen molar-refractivity contribution in [2.24, 2.45) is 0 Å². The standard InChI is InChI=1S/C15H13BrClF2N/c1-20-13(8-9-4-2-3-5-12(9)18)10-6-7-11(16)14(17)15(10)19/h2-7,13,20H,8H2,1H3. The van der Waals surface area contributed by atoms with Gasteiger partial charge in [0.25, 0.3) is 0 Å². The molecule has 20 heavy (non-hydrogen) atoms. The molecule has 1 nitrogen and oxygen atoms in total. The first-order valence-corrected chi connectivity index (χ1v) is 7.25. The molecule has 2 aromatic rings. The highest BCUT2D eigenvalue weighted by Gasteiger charge is 2.19. The van der Waals surface area contributed by atoms with Crippen molar-refractivity contribution in [3.63, 3.8) is 0 Å². The van der Waals surface area contributed by atoms with Crippen LogP contribution in [-0.4, -0.2) is 7.05 Å². The van der Waals surface area contributed by atoms with E-state index in [-0.39, 0.29) is 16.9 Å². The molecule has 0 fully saturated rings. The summed E-state index contributed by atoms with van der Waals surface area (Å²) in [6.07, 6.45) is 0.345. The predicted molar refractivity (Wildman–Crippen MR) is 81.0 cm³/mol. The average Bonchev–Trinajstić information content (AvgIpc) is 2.45. The molecule has 5 heteroatoms. The molecule has 1 atom stereocenters. The minimum absolute atomic E-state index is 0.0382. The van der Waals surface area contributed by atoms with Crippen LogP contribution in [0.2, 0.25) is 5.02 Å². The summed E-state index contributed by atoms with van der Waals surface area (Å²) in [6.45, 7) is 0. The largest absolute Gasteiger partial charge is 0.313 e. The van der Waals surface area contributed by atoms with E-state index in [1.807, 2.05) is 0 Å². The third-order valence-corrected chi connectivity index (χ3v) is 4.43. The van der Waals surface area contributed by atoms with Gasteiger partial charge in [0.15, 0.2) is 0 Å². The lowest BCUT2D eigenvalue weighted by atomic mass is 9.98. The van der Waals surface area contributed by atoms with Crippen molar-refractivity contribution in [2.75, 3.05) is 7.05 Å². The second-order valence-corrected chi connectivity index (χ2v) is 5.63. The molecule has 0 aliphatic carbocycles. The molecule has 0 radical (unpaired) electrons. The topological polar surface area (TPSA) is 12.0 Å². The van der Waals surface area contributed by atoms with Crippen molar-refractivity contribution in [2.45, 2.75) is 12.5 Å². The summed E-state index contributed by atoms with van der Waals surface area (Å²) in [5.74, 6) is -0.784. The van der Waals surface area contributed by atoms with Gasteiger partial charge in [-0.25, -0.2) is 8.78 Å². The highest BCUT2D eigenvalue weighted by molar-refractivity contribution is 9.10. The smallest absolute Gasteiger partial charge is 0.147 e. The molecule has 106 valence electrons. The maximum Gasteiger partial charge on any atom is 0.147 e. The number of halogens is 4. The van der Waals surface area contributed by atoms with E-state index in [4.69, 9.17) is 11.6 Å². The molecule has 0 saturated carbocycles. The van der Waals surface area contributed by atoms with Gasteiger partial charge in [-0.05, 0) is 47.1 Å². The Morgan fingerprint density at radius 1 is 1.20 bits per heavy atom. The first kappa shape index (κ1) is 15.4. The Morgan fingerprint density at radius 3 is 2.55 bits per heavy atom. The molecular weight excluding hydrogens is 348 g/mol. The summed E-state index contributed by atoms with van der Waals surface area (Å²) in [5.41, 5.74) is 0.953. The minimum Gasteiger partial charge on any atom is -0.313 e. The summed E-state index contributed by atoms with van der Waals surface area (Å²) < 4.78 is 28.4. The van der Waals surface area contributed by atoms with Crippen LogP contribution in [-0.2, 0) is 6.42 Å². The van der Waals surface area contributed by atoms with Crippen LogP contribution in [0.4, 0.5) is 8.78 Å². The predicted octanol–water partition coefficient (Wildman–Crippen LogP) is 4.88. The SMILES string of the molecule is CNC(Cc1ccccc1F)c1ccc(Br)c(Cl)c1F. The maximum atomic E-state index is 14.2. The zero-order valence-electron chi connectivity index (χ0n) is 10.8. The van der Waals surface area contributed by atoms with Crippen LogP contribution in [0.5, 0.6) is 0 Å². The van der Waals surface area contributed by atoms with E-state index in [0.29, 0.717) is 22.0 Å². The zero-order valence-corrected chi connectivity index (χ0v) is 13.1. The first-order valence-electron chi connectivity index (χ1n) is 6.08. The van der Waals surface area contributed by atoms with Gasteiger partial charge in [0, 0.05) is 16.1 Å². The van der Waals surface area contributed by atoms with E-state index in [1.54, 1.807) is 37.4 Å². The van der Waals surface area contributed by atoms with Crippen molar-refractivity contribution in [3.05, 3.63) is 68.7 Å². The van der Waals surface area contributed by atoms with Gasteiger partial charge in [-0.15, -0.1) is 0 Å². The Labute approximate surface area is 130 Å². The van der Waals surface area contributed by atoms with Crippen LogP contribution in [0.15, 0.2) is 40.9 Å². The summed E-state index contributed by atoms with van der Waals surface area (Å²) in [7, 11) is 1.71. The highest BCUT2D eigenvalue weighted by Crippen LogP contribution is 2.31. The third kappa shape index (κ3) is 3.19. The molecule has 0 amide bonds. The quantitative estimate of drug-likeness (QED) is 0.766. The van der Waals surface area contributed by atoms with Gasteiger partial charge in [0.1, 0.15) is 11.6 Å². The fourth-order valence-electron chi connectivity index (χ4n) is 2.06. The van der Waals surface area contributed by atoms with Gasteiger partial charge < -0.3 is 5.32 Å². The fourth-order valence-corrected chi connectivity index (χ4v) is 2.54. The minimum atomic E-state index is -0.489. The molecule has 0 aromatic heterocycles. The van der Waals surface area contributed by atoms with Gasteiger partial charge in [0.2, 0.25) is 0 Å². The summed E-state index contributed by atoms with van der Waals surface area (Å²) in [4.78, 5) is 0. The van der Waals surface area contributed by atoms with Crippen molar-refractivity contribution in [1.82, 2.24) is 5.32 Å². The summed E-state index contributed by atoms with van der Waals surface area (Å²) >= 11 is 9.07. The molecule has 0 aliphatic heterocycles. The number of likely N-dealkylation sites (N-methyl/N-ethyl adjacent to an activating group) is 1. The van der Waals surface area contributed by atoms with Gasteiger partial charge in [-0.1, -0.05) is 35.9 Å². The lowest BCUT2D eigenvalue weighted by Gasteiger charge is -2.18. The number of nitrogens with one attached hydrogen (secondary N) is 1. The lowest BCUT2D eigenvalue weighted by molar-refractivity contribution is 0.519. The Balaban J connectivity index is 2.34. The monoisotopic (exact) mass is 359 g/mol. The number of hydrogen-bond acceptors (Lipinski definition) is 1. The molecule has 2 aromatic carbocycles. The van der Waals surface area contributed by atoms with Crippen molar-refractivity contribution >= 4 is 27.5 Å². The highest BCUT2D eigenvalue weighted by atomic mass is 79.9. The molecule has 0 heterocycles.